The van der Waals surface area contributed by atoms with Gasteiger partial charge in [0.25, 0.3) is 0 Å². The summed E-state index contributed by atoms with van der Waals surface area (Å²) in [6, 6.07) is 8.18. The lowest BCUT2D eigenvalue weighted by atomic mass is 9.94. The Bertz CT molecular complexity index is 533. The van der Waals surface area contributed by atoms with Gasteiger partial charge in [-0.25, -0.2) is 0 Å². The minimum atomic E-state index is 0.0688. The van der Waals surface area contributed by atoms with E-state index in [4.69, 9.17) is 0 Å². The molecule has 3 nitrogen and oxygen atoms in total. The van der Waals surface area contributed by atoms with Crippen LogP contribution in [0.4, 0.5) is 0 Å². The molecule has 2 heterocycles. The van der Waals surface area contributed by atoms with Crippen LogP contribution in [-0.4, -0.2) is 18.5 Å². The summed E-state index contributed by atoms with van der Waals surface area (Å²) in [4.78, 5) is 11.8. The summed E-state index contributed by atoms with van der Waals surface area (Å²) in [5.41, 5.74) is 0.888. The van der Waals surface area contributed by atoms with Crippen LogP contribution in [-0.2, 0) is 4.79 Å². The molecule has 0 saturated carbocycles. The van der Waals surface area contributed by atoms with Crippen LogP contribution in [0.2, 0.25) is 0 Å². The van der Waals surface area contributed by atoms with Gasteiger partial charge in [-0.3, -0.25) is 4.79 Å². The normalized spacial score (nSPS) is 23.1. The predicted molar refractivity (Wildman–Crippen MR) is 58.1 cm³/mol. The Labute approximate surface area is 87.5 Å². The molecular weight excluding hydrogens is 188 g/mol. The number of carbonyl (C=O) groups is 1. The van der Waals surface area contributed by atoms with Gasteiger partial charge in [0.2, 0.25) is 5.91 Å². The summed E-state index contributed by atoms with van der Waals surface area (Å²) in [5, 5.41) is 8.34. The molecule has 0 spiro atoms. The molecule has 0 bridgehead atoms. The molecule has 0 aromatic heterocycles. The molecule has 1 fully saturated rings. The second-order valence-corrected chi connectivity index (χ2v) is 3.91. The lowest BCUT2D eigenvalue weighted by Crippen LogP contribution is -2.51. The van der Waals surface area contributed by atoms with Crippen molar-refractivity contribution < 1.29 is 4.79 Å². The first-order chi connectivity index (χ1) is 7.36. The molecule has 1 saturated heterocycles. The maximum Gasteiger partial charge on any atom is 0.249 e. The van der Waals surface area contributed by atoms with Crippen LogP contribution in [0.3, 0.4) is 0 Å². The fraction of sp³-hybridized carbons (Fsp3) is 0.250. The van der Waals surface area contributed by atoms with Crippen molar-refractivity contribution in [2.75, 3.05) is 6.54 Å². The zero-order valence-corrected chi connectivity index (χ0v) is 8.29. The van der Waals surface area contributed by atoms with E-state index in [2.05, 4.69) is 10.6 Å². The average Bonchev–Trinajstić information content (AvgIpc) is 2.29. The van der Waals surface area contributed by atoms with Crippen LogP contribution in [0.1, 0.15) is 6.42 Å². The second kappa shape index (κ2) is 3.12. The zero-order chi connectivity index (χ0) is 10.3. The highest BCUT2D eigenvalue weighted by Gasteiger charge is 2.26. The molecule has 1 atom stereocenters. The van der Waals surface area contributed by atoms with Crippen molar-refractivity contribution in [3.05, 3.63) is 34.7 Å². The van der Waals surface area contributed by atoms with Gasteiger partial charge in [-0.2, -0.15) is 0 Å². The number of hydrogen-bond donors (Lipinski definition) is 2. The number of rotatable bonds is 0. The molecule has 1 aromatic carbocycles. The quantitative estimate of drug-likeness (QED) is 0.568. The molecule has 1 unspecified atom stereocenters. The maximum atomic E-state index is 11.8. The first kappa shape index (κ1) is 8.53. The Morgan fingerprint density at radius 2 is 2.13 bits per heavy atom. The van der Waals surface area contributed by atoms with Crippen molar-refractivity contribution in [2.45, 2.75) is 12.5 Å². The predicted octanol–water partition coefficient (Wildman–Crippen LogP) is -0.933. The molecule has 2 N–H and O–H groups in total. The van der Waals surface area contributed by atoms with Gasteiger partial charge in [-0.1, -0.05) is 24.3 Å². The SMILES string of the molecule is O=C1NCCC2NC=c3ccccc3=C12. The van der Waals surface area contributed by atoms with Gasteiger partial charge in [-0.15, -0.1) is 0 Å². The van der Waals surface area contributed by atoms with Crippen molar-refractivity contribution in [2.24, 2.45) is 0 Å². The van der Waals surface area contributed by atoms with E-state index in [1.807, 2.05) is 30.5 Å². The lowest BCUT2D eigenvalue weighted by molar-refractivity contribution is -0.116. The second-order valence-electron chi connectivity index (χ2n) is 3.91. The van der Waals surface area contributed by atoms with Gasteiger partial charge >= 0.3 is 0 Å². The fourth-order valence-electron chi connectivity index (χ4n) is 2.26. The van der Waals surface area contributed by atoms with Crippen LogP contribution >= 0.6 is 0 Å². The van der Waals surface area contributed by atoms with Gasteiger partial charge < -0.3 is 10.6 Å². The minimum Gasteiger partial charge on any atom is -0.383 e. The zero-order valence-electron chi connectivity index (χ0n) is 8.29. The summed E-state index contributed by atoms with van der Waals surface area (Å²) >= 11 is 0. The van der Waals surface area contributed by atoms with E-state index in [-0.39, 0.29) is 11.9 Å². The number of amides is 1. The van der Waals surface area contributed by atoms with Crippen LogP contribution in [0.15, 0.2) is 24.3 Å². The molecule has 1 aromatic rings. The van der Waals surface area contributed by atoms with Crippen molar-refractivity contribution in [1.29, 1.82) is 0 Å². The van der Waals surface area contributed by atoms with Crippen LogP contribution in [0, 0.1) is 0 Å². The Balaban J connectivity index is 2.34. The summed E-state index contributed by atoms with van der Waals surface area (Å²) in [6.45, 7) is 0.760. The van der Waals surface area contributed by atoms with Gasteiger partial charge in [0.15, 0.2) is 0 Å². The first-order valence-electron chi connectivity index (χ1n) is 5.20. The standard InChI is InChI=1S/C12H12N2O/c15-12-11-9-4-2-1-3-8(9)7-14-10(11)5-6-13-12/h1-4,7,10,14H,5-6H2,(H,13,15). The Kier molecular flexibility index (Phi) is 1.78. The van der Waals surface area contributed by atoms with Gasteiger partial charge in [-0.05, 0) is 16.9 Å². The number of hydrogen-bond acceptors (Lipinski definition) is 2. The third kappa shape index (κ3) is 1.23. The molecule has 76 valence electrons. The number of fused-ring (bicyclic) bond motifs is 2. The first-order valence-corrected chi connectivity index (χ1v) is 5.20. The lowest BCUT2D eigenvalue weighted by Gasteiger charge is -2.28. The summed E-state index contributed by atoms with van der Waals surface area (Å²) < 4.78 is 0. The smallest absolute Gasteiger partial charge is 0.249 e. The monoisotopic (exact) mass is 200 g/mol. The summed E-state index contributed by atoms with van der Waals surface area (Å²) in [7, 11) is 0. The summed E-state index contributed by atoms with van der Waals surface area (Å²) in [5.74, 6) is 0.0688. The van der Waals surface area contributed by atoms with Crippen molar-refractivity contribution in [3.8, 4) is 0 Å². The largest absolute Gasteiger partial charge is 0.383 e. The van der Waals surface area contributed by atoms with Crippen LogP contribution in [0.5, 0.6) is 0 Å². The number of nitrogens with one attached hydrogen (secondary N) is 2. The van der Waals surface area contributed by atoms with Crippen LogP contribution in [0.25, 0.3) is 11.8 Å². The molecule has 0 aliphatic carbocycles. The van der Waals surface area contributed by atoms with E-state index in [1.54, 1.807) is 0 Å². The Morgan fingerprint density at radius 3 is 3.07 bits per heavy atom. The highest BCUT2D eigenvalue weighted by Crippen LogP contribution is 2.12. The molecule has 3 heteroatoms. The van der Waals surface area contributed by atoms with E-state index in [0.717, 1.165) is 29.0 Å². The molecule has 2 aliphatic heterocycles. The van der Waals surface area contributed by atoms with Crippen molar-refractivity contribution in [3.63, 3.8) is 0 Å². The molecule has 1 amide bonds. The number of benzene rings is 1. The molecule has 0 radical (unpaired) electrons. The van der Waals surface area contributed by atoms with Crippen molar-refractivity contribution in [1.82, 2.24) is 10.6 Å². The van der Waals surface area contributed by atoms with Gasteiger partial charge in [0.05, 0.1) is 6.04 Å². The minimum absolute atomic E-state index is 0.0688. The van der Waals surface area contributed by atoms with E-state index in [1.165, 1.54) is 0 Å². The molecule has 15 heavy (non-hydrogen) atoms. The summed E-state index contributed by atoms with van der Waals surface area (Å²) in [6.07, 6.45) is 2.97. The van der Waals surface area contributed by atoms with Crippen LogP contribution < -0.4 is 21.1 Å². The van der Waals surface area contributed by atoms with E-state index >= 15 is 0 Å². The van der Waals surface area contributed by atoms with Gasteiger partial charge in [0, 0.05) is 18.3 Å². The molecule has 2 aliphatic rings. The van der Waals surface area contributed by atoms with E-state index in [9.17, 15) is 4.79 Å². The highest BCUT2D eigenvalue weighted by molar-refractivity contribution is 6.16. The maximum absolute atomic E-state index is 11.8. The third-order valence-corrected chi connectivity index (χ3v) is 3.00. The number of carbonyl (C=O) groups excluding carboxylic acids is 1. The highest BCUT2D eigenvalue weighted by atomic mass is 16.1. The van der Waals surface area contributed by atoms with Crippen molar-refractivity contribution >= 4 is 17.7 Å². The average molecular weight is 200 g/mol. The van der Waals surface area contributed by atoms with E-state index in [0.29, 0.717) is 0 Å². The molecular formula is C12H12N2O. The number of piperidine rings is 1. The third-order valence-electron chi connectivity index (χ3n) is 3.00. The molecule has 3 rings (SSSR count). The Morgan fingerprint density at radius 1 is 1.27 bits per heavy atom. The topological polar surface area (TPSA) is 41.1 Å². The van der Waals surface area contributed by atoms with E-state index < -0.39 is 0 Å². The fourth-order valence-corrected chi connectivity index (χ4v) is 2.26. The van der Waals surface area contributed by atoms with Gasteiger partial charge in [0.1, 0.15) is 0 Å². The Hall–Kier alpha value is -1.77.